The summed E-state index contributed by atoms with van der Waals surface area (Å²) < 4.78 is 0. The van der Waals surface area contributed by atoms with Gasteiger partial charge in [-0.3, -0.25) is 9.59 Å². The Bertz CT molecular complexity index is 591. The third kappa shape index (κ3) is 4.06. The first-order chi connectivity index (χ1) is 11.6. The molecule has 2 aliphatic rings. The number of anilines is 1. The van der Waals surface area contributed by atoms with E-state index in [9.17, 15) is 9.59 Å². The van der Waals surface area contributed by atoms with Crippen LogP contribution in [0, 0.1) is 0 Å². The number of rotatable bonds is 5. The van der Waals surface area contributed by atoms with E-state index in [2.05, 4.69) is 10.2 Å². The summed E-state index contributed by atoms with van der Waals surface area (Å²) in [6.07, 6.45) is 4.69. The van der Waals surface area contributed by atoms with Gasteiger partial charge in [0.05, 0.1) is 0 Å². The van der Waals surface area contributed by atoms with Crippen molar-refractivity contribution in [1.82, 2.24) is 9.80 Å². The number of carbonyl (C=O) groups is 2. The summed E-state index contributed by atoms with van der Waals surface area (Å²) in [5.41, 5.74) is 1.28. The Labute approximate surface area is 142 Å². The third-order valence-corrected chi connectivity index (χ3v) is 4.96. The number of aliphatic carboxylic acids is 1. The number of carboxylic acid groups (broad SMARTS) is 1. The molecule has 0 spiro atoms. The molecule has 0 saturated carbocycles. The summed E-state index contributed by atoms with van der Waals surface area (Å²) in [6, 6.07) is 7.71. The molecule has 0 aromatic heterocycles. The van der Waals surface area contributed by atoms with Gasteiger partial charge in [0.1, 0.15) is 6.54 Å². The molecule has 2 fully saturated rings. The predicted octanol–water partition coefficient (Wildman–Crippen LogP) is 1.88. The minimum Gasteiger partial charge on any atom is -0.480 e. The van der Waals surface area contributed by atoms with Gasteiger partial charge in [0.2, 0.25) is 0 Å². The number of benzene rings is 1. The molecule has 1 aromatic carbocycles. The van der Waals surface area contributed by atoms with Crippen molar-refractivity contribution in [2.45, 2.75) is 31.7 Å². The average Bonchev–Trinajstić information content (AvgIpc) is 3.14. The number of carbonyl (C=O) groups excluding carboxylic acids is 1. The molecule has 0 aliphatic carbocycles. The van der Waals surface area contributed by atoms with E-state index in [1.54, 1.807) is 24.3 Å². The van der Waals surface area contributed by atoms with Crippen molar-refractivity contribution in [3.63, 3.8) is 0 Å². The predicted molar refractivity (Wildman–Crippen MR) is 92.3 cm³/mol. The normalized spacial score (nSPS) is 19.4. The Morgan fingerprint density at radius 2 is 1.83 bits per heavy atom. The summed E-state index contributed by atoms with van der Waals surface area (Å²) in [6.45, 7) is 3.85. The quantitative estimate of drug-likeness (QED) is 0.862. The standard InChI is InChI=1S/C18H25N3O3/c22-17(23)13-19-15-5-3-4-14(12-15)18(24)21-10-6-16(7-11-21)20-8-1-2-9-20/h3-5,12,16,19H,1-2,6-11,13H2,(H,22,23). The molecule has 1 amide bonds. The average molecular weight is 331 g/mol. The zero-order valence-electron chi connectivity index (χ0n) is 13.9. The minimum atomic E-state index is -0.921. The molecular weight excluding hydrogens is 306 g/mol. The van der Waals surface area contributed by atoms with E-state index in [1.807, 2.05) is 4.90 Å². The van der Waals surface area contributed by atoms with Crippen molar-refractivity contribution in [3.8, 4) is 0 Å². The summed E-state index contributed by atoms with van der Waals surface area (Å²) in [5, 5.41) is 11.5. The van der Waals surface area contributed by atoms with Gasteiger partial charge in [-0.2, -0.15) is 0 Å². The van der Waals surface area contributed by atoms with Crippen LogP contribution >= 0.6 is 0 Å². The molecule has 24 heavy (non-hydrogen) atoms. The van der Waals surface area contributed by atoms with E-state index in [1.165, 1.54) is 25.9 Å². The van der Waals surface area contributed by atoms with Gasteiger partial charge in [0.25, 0.3) is 5.91 Å². The van der Waals surface area contributed by atoms with Crippen molar-refractivity contribution >= 4 is 17.6 Å². The minimum absolute atomic E-state index is 0.0360. The number of likely N-dealkylation sites (tertiary alicyclic amines) is 2. The first-order valence-electron chi connectivity index (χ1n) is 8.72. The van der Waals surface area contributed by atoms with Crippen LogP contribution < -0.4 is 5.32 Å². The first-order valence-corrected chi connectivity index (χ1v) is 8.72. The zero-order chi connectivity index (χ0) is 16.9. The molecule has 0 radical (unpaired) electrons. The zero-order valence-corrected chi connectivity index (χ0v) is 13.9. The Balaban J connectivity index is 1.56. The molecule has 6 heteroatoms. The Morgan fingerprint density at radius 1 is 1.12 bits per heavy atom. The Hall–Kier alpha value is -2.08. The second kappa shape index (κ2) is 7.66. The van der Waals surface area contributed by atoms with E-state index >= 15 is 0 Å². The number of piperidine rings is 1. The van der Waals surface area contributed by atoms with Gasteiger partial charge < -0.3 is 20.2 Å². The maximum absolute atomic E-state index is 12.7. The van der Waals surface area contributed by atoms with E-state index in [0.29, 0.717) is 17.3 Å². The largest absolute Gasteiger partial charge is 0.480 e. The van der Waals surface area contributed by atoms with Crippen molar-refractivity contribution in [3.05, 3.63) is 29.8 Å². The maximum atomic E-state index is 12.7. The van der Waals surface area contributed by atoms with Gasteiger partial charge in [-0.15, -0.1) is 0 Å². The Morgan fingerprint density at radius 3 is 2.50 bits per heavy atom. The lowest BCUT2D eigenvalue weighted by atomic mass is 10.0. The fourth-order valence-corrected chi connectivity index (χ4v) is 3.66. The Kier molecular flexibility index (Phi) is 5.35. The number of hydrogen-bond donors (Lipinski definition) is 2. The molecule has 3 rings (SSSR count). The smallest absolute Gasteiger partial charge is 0.322 e. The lowest BCUT2D eigenvalue weighted by Gasteiger charge is -2.36. The first kappa shape index (κ1) is 16.8. The number of nitrogens with zero attached hydrogens (tertiary/aromatic N) is 2. The fourth-order valence-electron chi connectivity index (χ4n) is 3.66. The van der Waals surface area contributed by atoms with E-state index in [-0.39, 0.29) is 12.5 Å². The molecule has 2 heterocycles. The van der Waals surface area contributed by atoms with Crippen LogP contribution in [0.4, 0.5) is 5.69 Å². The highest BCUT2D eigenvalue weighted by atomic mass is 16.4. The molecule has 6 nitrogen and oxygen atoms in total. The third-order valence-electron chi connectivity index (χ3n) is 4.96. The lowest BCUT2D eigenvalue weighted by Crippen LogP contribution is -2.45. The van der Waals surface area contributed by atoms with Gasteiger partial charge in [-0.05, 0) is 57.0 Å². The van der Waals surface area contributed by atoms with Crippen molar-refractivity contribution in [1.29, 1.82) is 0 Å². The highest BCUT2D eigenvalue weighted by molar-refractivity contribution is 5.95. The van der Waals surface area contributed by atoms with Crippen LogP contribution in [-0.2, 0) is 4.79 Å². The van der Waals surface area contributed by atoms with Gasteiger partial charge >= 0.3 is 5.97 Å². The number of nitrogens with one attached hydrogen (secondary N) is 1. The number of carboxylic acids is 1. The van der Waals surface area contributed by atoms with Crippen molar-refractivity contribution in [2.75, 3.05) is 38.0 Å². The van der Waals surface area contributed by atoms with E-state index in [0.717, 1.165) is 25.9 Å². The summed E-state index contributed by atoms with van der Waals surface area (Å²) >= 11 is 0. The van der Waals surface area contributed by atoms with Crippen LogP contribution in [0.1, 0.15) is 36.0 Å². The van der Waals surface area contributed by atoms with Gasteiger partial charge in [0.15, 0.2) is 0 Å². The lowest BCUT2D eigenvalue weighted by molar-refractivity contribution is -0.134. The molecule has 0 atom stereocenters. The summed E-state index contributed by atoms with van der Waals surface area (Å²) in [4.78, 5) is 27.8. The second-order valence-electron chi connectivity index (χ2n) is 6.59. The number of hydrogen-bond acceptors (Lipinski definition) is 4. The van der Waals surface area contributed by atoms with Crippen LogP contribution in [0.5, 0.6) is 0 Å². The molecule has 2 N–H and O–H groups in total. The van der Waals surface area contributed by atoms with E-state index < -0.39 is 5.97 Å². The monoisotopic (exact) mass is 331 g/mol. The van der Waals surface area contributed by atoms with Gasteiger partial charge in [0, 0.05) is 30.4 Å². The topological polar surface area (TPSA) is 72.9 Å². The fraction of sp³-hybridized carbons (Fsp3) is 0.556. The SMILES string of the molecule is O=C(O)CNc1cccc(C(=O)N2CCC(N3CCCC3)CC2)c1. The highest BCUT2D eigenvalue weighted by Gasteiger charge is 2.28. The van der Waals surface area contributed by atoms with E-state index in [4.69, 9.17) is 5.11 Å². The van der Waals surface area contributed by atoms with Crippen molar-refractivity contribution in [2.24, 2.45) is 0 Å². The van der Waals surface area contributed by atoms with Crippen LogP contribution in [-0.4, -0.2) is 65.5 Å². The van der Waals surface area contributed by atoms with Crippen LogP contribution in [0.25, 0.3) is 0 Å². The second-order valence-corrected chi connectivity index (χ2v) is 6.59. The van der Waals surface area contributed by atoms with Gasteiger partial charge in [-0.1, -0.05) is 6.07 Å². The maximum Gasteiger partial charge on any atom is 0.322 e. The molecule has 2 saturated heterocycles. The molecule has 0 bridgehead atoms. The summed E-state index contributed by atoms with van der Waals surface area (Å²) in [7, 11) is 0. The van der Waals surface area contributed by atoms with Crippen LogP contribution in [0.3, 0.4) is 0 Å². The summed E-state index contributed by atoms with van der Waals surface area (Å²) in [5.74, 6) is -0.885. The molecule has 2 aliphatic heterocycles. The molecule has 130 valence electrons. The number of amides is 1. The molecule has 1 aromatic rings. The van der Waals surface area contributed by atoms with Crippen LogP contribution in [0.15, 0.2) is 24.3 Å². The molecule has 0 unspecified atom stereocenters. The van der Waals surface area contributed by atoms with Gasteiger partial charge in [-0.25, -0.2) is 0 Å². The molecular formula is C18H25N3O3. The van der Waals surface area contributed by atoms with Crippen LogP contribution in [0.2, 0.25) is 0 Å². The van der Waals surface area contributed by atoms with Crippen molar-refractivity contribution < 1.29 is 14.7 Å². The highest BCUT2D eigenvalue weighted by Crippen LogP contribution is 2.22.